The molecule has 4 heteroatoms. The van der Waals surface area contributed by atoms with Crippen LogP contribution in [-0.2, 0) is 6.42 Å². The van der Waals surface area contributed by atoms with Crippen molar-refractivity contribution in [3.63, 3.8) is 0 Å². The molecule has 15 heavy (non-hydrogen) atoms. The molecule has 4 nitrogen and oxygen atoms in total. The molecular formula is C11H17N3O. The van der Waals surface area contributed by atoms with Gasteiger partial charge < -0.3 is 10.3 Å². The van der Waals surface area contributed by atoms with Crippen molar-refractivity contribution >= 4 is 0 Å². The molecule has 2 N–H and O–H groups in total. The fourth-order valence-electron chi connectivity index (χ4n) is 1.72. The van der Waals surface area contributed by atoms with Gasteiger partial charge in [0, 0.05) is 18.2 Å². The van der Waals surface area contributed by atoms with Crippen molar-refractivity contribution in [2.24, 2.45) is 5.92 Å². The first-order valence-electron chi connectivity index (χ1n) is 5.45. The van der Waals surface area contributed by atoms with Crippen LogP contribution >= 0.6 is 0 Å². The highest BCUT2D eigenvalue weighted by atomic mass is 16.1. The number of nitrogens with zero attached hydrogens (tertiary/aromatic N) is 1. The Kier molecular flexibility index (Phi) is 2.86. The lowest BCUT2D eigenvalue weighted by molar-refractivity contribution is 0.340. The van der Waals surface area contributed by atoms with Crippen molar-refractivity contribution < 1.29 is 0 Å². The Labute approximate surface area is 89.1 Å². The largest absolute Gasteiger partial charge is 0.316 e. The summed E-state index contributed by atoms with van der Waals surface area (Å²) in [6.07, 6.45) is 2.59. The monoisotopic (exact) mass is 207 g/mol. The van der Waals surface area contributed by atoms with Gasteiger partial charge in [-0.25, -0.2) is 4.98 Å². The first kappa shape index (κ1) is 10.4. The van der Waals surface area contributed by atoms with Crippen LogP contribution in [0.5, 0.6) is 0 Å². The maximum absolute atomic E-state index is 11.7. The summed E-state index contributed by atoms with van der Waals surface area (Å²) >= 11 is 0. The Hall–Kier alpha value is -1.16. The number of nitrogens with one attached hydrogen (secondary N) is 2. The Morgan fingerprint density at radius 1 is 1.53 bits per heavy atom. The molecule has 1 aliphatic rings. The van der Waals surface area contributed by atoms with Crippen molar-refractivity contribution in [3.05, 3.63) is 27.9 Å². The fraction of sp³-hybridized carbons (Fsp3) is 0.636. The second-order valence-corrected chi connectivity index (χ2v) is 4.50. The second-order valence-electron chi connectivity index (χ2n) is 4.50. The van der Waals surface area contributed by atoms with Gasteiger partial charge in [0.15, 0.2) is 0 Å². The van der Waals surface area contributed by atoms with Crippen LogP contribution in [-0.4, -0.2) is 23.1 Å². The first-order valence-corrected chi connectivity index (χ1v) is 5.45. The molecule has 0 bridgehead atoms. The van der Waals surface area contributed by atoms with Gasteiger partial charge in [0.05, 0.1) is 0 Å². The van der Waals surface area contributed by atoms with E-state index in [4.69, 9.17) is 0 Å². The third-order valence-corrected chi connectivity index (χ3v) is 2.85. The van der Waals surface area contributed by atoms with Crippen molar-refractivity contribution in [1.29, 1.82) is 0 Å². The molecule has 1 aromatic heterocycles. The predicted octanol–water partition coefficient (Wildman–Crippen LogP) is 0.655. The van der Waals surface area contributed by atoms with E-state index in [2.05, 4.69) is 15.3 Å². The van der Waals surface area contributed by atoms with Crippen molar-refractivity contribution in [1.82, 2.24) is 15.3 Å². The minimum atomic E-state index is 0.0160. The van der Waals surface area contributed by atoms with Gasteiger partial charge in [0.1, 0.15) is 5.82 Å². The standard InChI is InChI=1S/C11H17N3O/c1-7(2)9-6-13-10(14-11(9)15)3-8-4-12-5-8/h6-8,12H,3-5H2,1-2H3,(H,13,14,15). The maximum atomic E-state index is 11.7. The summed E-state index contributed by atoms with van der Waals surface area (Å²) in [4.78, 5) is 18.8. The summed E-state index contributed by atoms with van der Waals surface area (Å²) < 4.78 is 0. The Balaban J connectivity index is 2.13. The number of aromatic nitrogens is 2. The molecule has 2 heterocycles. The van der Waals surface area contributed by atoms with Crippen LogP contribution in [0.3, 0.4) is 0 Å². The van der Waals surface area contributed by atoms with Gasteiger partial charge in [-0.2, -0.15) is 0 Å². The summed E-state index contributed by atoms with van der Waals surface area (Å²) in [6, 6.07) is 0. The zero-order valence-electron chi connectivity index (χ0n) is 9.21. The highest BCUT2D eigenvalue weighted by Crippen LogP contribution is 2.10. The Morgan fingerprint density at radius 3 is 2.73 bits per heavy atom. The summed E-state index contributed by atoms with van der Waals surface area (Å²) in [5.41, 5.74) is 0.785. The van der Waals surface area contributed by atoms with Gasteiger partial charge in [-0.05, 0) is 24.9 Å². The Bertz CT molecular complexity index is 393. The number of aromatic amines is 1. The zero-order valence-corrected chi connectivity index (χ0v) is 9.21. The van der Waals surface area contributed by atoms with E-state index in [1.54, 1.807) is 6.20 Å². The number of rotatable bonds is 3. The molecule has 0 amide bonds. The molecule has 0 unspecified atom stereocenters. The molecular weight excluding hydrogens is 190 g/mol. The van der Waals surface area contributed by atoms with E-state index in [-0.39, 0.29) is 11.5 Å². The van der Waals surface area contributed by atoms with E-state index < -0.39 is 0 Å². The van der Waals surface area contributed by atoms with Crippen LogP contribution < -0.4 is 10.9 Å². The van der Waals surface area contributed by atoms with Crippen LogP contribution in [0, 0.1) is 5.92 Å². The molecule has 1 aromatic rings. The number of hydrogen-bond acceptors (Lipinski definition) is 3. The Morgan fingerprint density at radius 2 is 2.27 bits per heavy atom. The van der Waals surface area contributed by atoms with Crippen LogP contribution in [0.4, 0.5) is 0 Å². The summed E-state index contributed by atoms with van der Waals surface area (Å²) in [5, 5.41) is 3.21. The molecule has 0 saturated carbocycles. The summed E-state index contributed by atoms with van der Waals surface area (Å²) in [7, 11) is 0. The highest BCUT2D eigenvalue weighted by Gasteiger charge is 2.18. The average Bonchev–Trinajstić information content (AvgIpc) is 2.11. The summed E-state index contributed by atoms with van der Waals surface area (Å²) in [6.45, 7) is 6.08. The molecule has 0 radical (unpaired) electrons. The van der Waals surface area contributed by atoms with Crippen LogP contribution in [0.2, 0.25) is 0 Å². The van der Waals surface area contributed by atoms with Gasteiger partial charge in [-0.1, -0.05) is 13.8 Å². The van der Waals surface area contributed by atoms with Gasteiger partial charge in [0.2, 0.25) is 0 Å². The molecule has 1 fully saturated rings. The summed E-state index contributed by atoms with van der Waals surface area (Å²) in [5.74, 6) is 1.69. The molecule has 1 aliphatic heterocycles. The molecule has 1 saturated heterocycles. The van der Waals surface area contributed by atoms with Crippen molar-refractivity contribution in [2.45, 2.75) is 26.2 Å². The van der Waals surface area contributed by atoms with Crippen LogP contribution in [0.1, 0.15) is 31.2 Å². The smallest absolute Gasteiger partial charge is 0.254 e. The predicted molar refractivity (Wildman–Crippen MR) is 59.0 cm³/mol. The fourth-order valence-corrected chi connectivity index (χ4v) is 1.72. The van der Waals surface area contributed by atoms with Gasteiger partial charge in [-0.3, -0.25) is 4.79 Å². The third kappa shape index (κ3) is 2.26. The minimum Gasteiger partial charge on any atom is -0.316 e. The third-order valence-electron chi connectivity index (χ3n) is 2.85. The van der Waals surface area contributed by atoms with E-state index in [1.165, 1.54) is 0 Å². The van der Waals surface area contributed by atoms with E-state index in [9.17, 15) is 4.79 Å². The lowest BCUT2D eigenvalue weighted by Crippen LogP contribution is -2.43. The van der Waals surface area contributed by atoms with Crippen LogP contribution in [0.25, 0.3) is 0 Å². The van der Waals surface area contributed by atoms with Crippen molar-refractivity contribution in [2.75, 3.05) is 13.1 Å². The highest BCUT2D eigenvalue weighted by molar-refractivity contribution is 5.10. The molecule has 2 rings (SSSR count). The SMILES string of the molecule is CC(C)c1cnc(CC2CNC2)[nH]c1=O. The van der Waals surface area contributed by atoms with E-state index in [0.29, 0.717) is 5.92 Å². The zero-order chi connectivity index (χ0) is 10.8. The van der Waals surface area contributed by atoms with Gasteiger partial charge >= 0.3 is 0 Å². The quantitative estimate of drug-likeness (QED) is 0.765. The molecule has 0 aliphatic carbocycles. The normalized spacial score (nSPS) is 16.7. The first-order chi connectivity index (χ1) is 7.16. The second kappa shape index (κ2) is 4.14. The molecule has 0 atom stereocenters. The molecule has 82 valence electrons. The van der Waals surface area contributed by atoms with E-state index in [0.717, 1.165) is 30.9 Å². The van der Waals surface area contributed by atoms with Crippen LogP contribution in [0.15, 0.2) is 11.0 Å². The average molecular weight is 207 g/mol. The minimum absolute atomic E-state index is 0.0160. The van der Waals surface area contributed by atoms with Crippen molar-refractivity contribution in [3.8, 4) is 0 Å². The maximum Gasteiger partial charge on any atom is 0.254 e. The topological polar surface area (TPSA) is 57.8 Å². The lowest BCUT2D eigenvalue weighted by atomic mass is 9.99. The van der Waals surface area contributed by atoms with E-state index >= 15 is 0 Å². The van der Waals surface area contributed by atoms with Gasteiger partial charge in [0.25, 0.3) is 5.56 Å². The molecule has 0 spiro atoms. The van der Waals surface area contributed by atoms with E-state index in [1.807, 2.05) is 13.8 Å². The molecule has 0 aromatic carbocycles. The van der Waals surface area contributed by atoms with Gasteiger partial charge in [-0.15, -0.1) is 0 Å². The lowest BCUT2D eigenvalue weighted by Gasteiger charge is -2.26. The number of hydrogen-bond donors (Lipinski definition) is 2. The number of H-pyrrole nitrogens is 1.